The Labute approximate surface area is 241 Å². The van der Waals surface area contributed by atoms with Crippen LogP contribution < -0.4 is 30.2 Å². The Morgan fingerprint density at radius 1 is 0.762 bits per heavy atom. The summed E-state index contributed by atoms with van der Waals surface area (Å²) in [6, 6.07) is 25.2. The van der Waals surface area contributed by atoms with Crippen LogP contribution in [0.1, 0.15) is 11.1 Å². The molecule has 0 saturated heterocycles. The molecule has 0 spiro atoms. The highest BCUT2D eigenvalue weighted by molar-refractivity contribution is 6.05. The number of ether oxygens (including phenoxy) is 3. The predicted molar refractivity (Wildman–Crippen MR) is 160 cm³/mol. The molecule has 4 aromatic carbocycles. The Bertz CT molecular complexity index is 1740. The highest BCUT2D eigenvalue weighted by Gasteiger charge is 2.15. The Hall–Kier alpha value is -5.77. The molecular formula is C32H28N4O6. The first-order valence-electron chi connectivity index (χ1n) is 13.0. The molecule has 0 unspecified atom stereocenters. The number of anilines is 2. The quantitative estimate of drug-likeness (QED) is 0.154. The van der Waals surface area contributed by atoms with Gasteiger partial charge in [0.25, 0.3) is 0 Å². The number of benzene rings is 4. The molecule has 0 aliphatic rings. The first-order chi connectivity index (χ1) is 20.4. The largest absolute Gasteiger partial charge is 0.506 e. The van der Waals surface area contributed by atoms with Crippen LogP contribution in [0.15, 0.2) is 97.2 Å². The zero-order chi connectivity index (χ0) is 29.5. The van der Waals surface area contributed by atoms with E-state index in [0.29, 0.717) is 46.0 Å². The van der Waals surface area contributed by atoms with Gasteiger partial charge in [-0.1, -0.05) is 48.5 Å². The van der Waals surface area contributed by atoms with Gasteiger partial charge in [0.1, 0.15) is 17.2 Å². The van der Waals surface area contributed by atoms with Gasteiger partial charge in [0, 0.05) is 29.4 Å². The SMILES string of the molecule is COc1cc2nccc(Oc3ccc(NC(=O)NC(=O)Nc4ccccc4Cc4ccccc4)c(O)c3)c2cc1OC. The Kier molecular flexibility index (Phi) is 8.34. The second-order valence-electron chi connectivity index (χ2n) is 9.17. The molecule has 0 aliphatic heterocycles. The van der Waals surface area contributed by atoms with Crippen molar-refractivity contribution >= 4 is 34.3 Å². The zero-order valence-electron chi connectivity index (χ0n) is 22.9. The number of pyridine rings is 1. The Morgan fingerprint density at radius 2 is 1.45 bits per heavy atom. The molecular weight excluding hydrogens is 536 g/mol. The summed E-state index contributed by atoms with van der Waals surface area (Å²) < 4.78 is 16.7. The van der Waals surface area contributed by atoms with Gasteiger partial charge in [-0.2, -0.15) is 0 Å². The van der Waals surface area contributed by atoms with Crippen LogP contribution in [0.4, 0.5) is 21.0 Å². The van der Waals surface area contributed by atoms with E-state index in [9.17, 15) is 14.7 Å². The molecule has 5 aromatic rings. The van der Waals surface area contributed by atoms with Crippen molar-refractivity contribution in [2.75, 3.05) is 24.9 Å². The highest BCUT2D eigenvalue weighted by Crippen LogP contribution is 2.38. The summed E-state index contributed by atoms with van der Waals surface area (Å²) in [4.78, 5) is 29.4. The third-order valence-corrected chi connectivity index (χ3v) is 6.38. The van der Waals surface area contributed by atoms with Gasteiger partial charge in [0.2, 0.25) is 0 Å². The van der Waals surface area contributed by atoms with E-state index in [1.165, 1.54) is 19.2 Å². The van der Waals surface area contributed by atoms with Crippen LogP contribution in [-0.2, 0) is 6.42 Å². The molecule has 4 amide bonds. The number of imide groups is 1. The third-order valence-electron chi connectivity index (χ3n) is 6.38. The molecule has 212 valence electrons. The number of phenolic OH excluding ortho intramolecular Hbond substituents is 1. The maximum absolute atomic E-state index is 12.6. The van der Waals surface area contributed by atoms with Gasteiger partial charge in [-0.3, -0.25) is 10.3 Å². The van der Waals surface area contributed by atoms with E-state index in [0.717, 1.165) is 11.1 Å². The summed E-state index contributed by atoms with van der Waals surface area (Å²) >= 11 is 0. The first kappa shape index (κ1) is 27.8. The summed E-state index contributed by atoms with van der Waals surface area (Å²) in [7, 11) is 3.08. The molecule has 0 bridgehead atoms. The number of rotatable bonds is 8. The second kappa shape index (κ2) is 12.6. The molecule has 0 aliphatic carbocycles. The molecule has 0 fully saturated rings. The number of nitrogens with zero attached hydrogens (tertiary/aromatic N) is 1. The summed E-state index contributed by atoms with van der Waals surface area (Å²) in [6.45, 7) is 0. The van der Waals surface area contributed by atoms with Crippen LogP contribution in [0.3, 0.4) is 0 Å². The molecule has 1 aromatic heterocycles. The summed E-state index contributed by atoms with van der Waals surface area (Å²) in [6.07, 6.45) is 2.21. The Morgan fingerprint density at radius 3 is 2.19 bits per heavy atom. The van der Waals surface area contributed by atoms with Crippen molar-refractivity contribution in [2.45, 2.75) is 6.42 Å². The van der Waals surface area contributed by atoms with E-state index < -0.39 is 12.1 Å². The van der Waals surface area contributed by atoms with Crippen LogP contribution in [-0.4, -0.2) is 36.4 Å². The standard InChI is InChI=1S/C32H28N4O6/c1-40-29-18-23-26(19-30(29)41-2)33-15-14-28(23)42-22-12-13-25(27(37)17-22)35-32(39)36-31(38)34-24-11-7-6-10-21(24)16-20-8-4-3-5-9-20/h3-15,17-19,37H,16H2,1-2H3,(H3,34,35,36,38,39). The van der Waals surface area contributed by atoms with Crippen molar-refractivity contribution in [3.63, 3.8) is 0 Å². The van der Waals surface area contributed by atoms with E-state index in [1.54, 1.807) is 49.7 Å². The molecule has 0 saturated carbocycles. The summed E-state index contributed by atoms with van der Waals surface area (Å²) in [5.41, 5.74) is 3.28. The van der Waals surface area contributed by atoms with Crippen LogP contribution >= 0.6 is 0 Å². The summed E-state index contributed by atoms with van der Waals surface area (Å²) in [5, 5.41) is 18.6. The Balaban J connectivity index is 1.23. The fraction of sp³-hybridized carbons (Fsp3) is 0.0938. The van der Waals surface area contributed by atoms with Crippen molar-refractivity contribution < 1.29 is 28.9 Å². The minimum absolute atomic E-state index is 0.0862. The molecule has 0 atom stereocenters. The van der Waals surface area contributed by atoms with Crippen molar-refractivity contribution in [1.82, 2.24) is 10.3 Å². The first-order valence-corrected chi connectivity index (χ1v) is 13.0. The lowest BCUT2D eigenvalue weighted by atomic mass is 10.0. The molecule has 10 nitrogen and oxygen atoms in total. The predicted octanol–water partition coefficient (Wildman–Crippen LogP) is 6.69. The van der Waals surface area contributed by atoms with Crippen LogP contribution in [0.5, 0.6) is 28.7 Å². The lowest BCUT2D eigenvalue weighted by molar-refractivity contribution is 0.240. The maximum Gasteiger partial charge on any atom is 0.327 e. The fourth-order valence-electron chi connectivity index (χ4n) is 4.37. The molecule has 10 heteroatoms. The van der Waals surface area contributed by atoms with Gasteiger partial charge >= 0.3 is 12.1 Å². The minimum atomic E-state index is -0.821. The van der Waals surface area contributed by atoms with Crippen LogP contribution in [0.25, 0.3) is 10.9 Å². The van der Waals surface area contributed by atoms with Crippen molar-refractivity contribution in [2.24, 2.45) is 0 Å². The number of fused-ring (bicyclic) bond motifs is 1. The number of nitrogens with one attached hydrogen (secondary N) is 3. The summed E-state index contributed by atoms with van der Waals surface area (Å²) in [5.74, 6) is 1.58. The van der Waals surface area contributed by atoms with E-state index in [-0.39, 0.29) is 11.4 Å². The van der Waals surface area contributed by atoms with Gasteiger partial charge in [-0.05, 0) is 47.9 Å². The third kappa shape index (κ3) is 6.50. The van der Waals surface area contributed by atoms with Crippen LogP contribution in [0.2, 0.25) is 0 Å². The van der Waals surface area contributed by atoms with Crippen molar-refractivity contribution in [3.8, 4) is 28.7 Å². The monoisotopic (exact) mass is 564 g/mol. The molecule has 42 heavy (non-hydrogen) atoms. The maximum atomic E-state index is 12.6. The number of hydrogen-bond donors (Lipinski definition) is 4. The van der Waals surface area contributed by atoms with Crippen molar-refractivity contribution in [3.05, 3.63) is 108 Å². The van der Waals surface area contributed by atoms with Gasteiger partial charge < -0.3 is 30.0 Å². The zero-order valence-corrected chi connectivity index (χ0v) is 22.9. The number of urea groups is 2. The average molecular weight is 565 g/mol. The van der Waals surface area contributed by atoms with E-state index in [2.05, 4.69) is 20.9 Å². The van der Waals surface area contributed by atoms with Gasteiger partial charge in [-0.15, -0.1) is 0 Å². The number of amides is 4. The van der Waals surface area contributed by atoms with E-state index in [4.69, 9.17) is 14.2 Å². The van der Waals surface area contributed by atoms with Crippen molar-refractivity contribution in [1.29, 1.82) is 0 Å². The number of para-hydroxylation sites is 1. The van der Waals surface area contributed by atoms with Gasteiger partial charge in [0.05, 0.1) is 25.4 Å². The highest BCUT2D eigenvalue weighted by atomic mass is 16.5. The van der Waals surface area contributed by atoms with Gasteiger partial charge in [-0.25, -0.2) is 9.59 Å². The number of aromatic hydroxyl groups is 1. The van der Waals surface area contributed by atoms with E-state index in [1.807, 2.05) is 42.5 Å². The molecule has 5 rings (SSSR count). The second-order valence-corrected chi connectivity index (χ2v) is 9.17. The van der Waals surface area contributed by atoms with Gasteiger partial charge in [0.15, 0.2) is 11.5 Å². The number of carbonyl (C=O) groups excluding carboxylic acids is 2. The number of aromatic nitrogens is 1. The number of phenols is 1. The smallest absolute Gasteiger partial charge is 0.327 e. The molecule has 0 radical (unpaired) electrons. The van der Waals surface area contributed by atoms with Crippen LogP contribution in [0, 0.1) is 0 Å². The number of carbonyl (C=O) groups is 2. The fourth-order valence-corrected chi connectivity index (χ4v) is 4.37. The minimum Gasteiger partial charge on any atom is -0.506 e. The lowest BCUT2D eigenvalue weighted by Crippen LogP contribution is -2.37. The van der Waals surface area contributed by atoms with E-state index >= 15 is 0 Å². The lowest BCUT2D eigenvalue weighted by Gasteiger charge is -2.14. The normalized spacial score (nSPS) is 10.5. The average Bonchev–Trinajstić information content (AvgIpc) is 2.99. The molecule has 1 heterocycles. The topological polar surface area (TPSA) is 131 Å². The number of methoxy groups -OCH3 is 2. The molecule has 4 N–H and O–H groups in total. The number of hydrogen-bond acceptors (Lipinski definition) is 7.